The minimum Gasteiger partial charge on any atom is -0.310 e. The minimum absolute atomic E-state index is 0.604. The molecule has 0 fully saturated rings. The van der Waals surface area contributed by atoms with E-state index in [0.29, 0.717) is 11.1 Å². The molecule has 0 radical (unpaired) electrons. The van der Waals surface area contributed by atoms with E-state index in [4.69, 9.17) is 0 Å². The zero-order valence-electron chi connectivity index (χ0n) is 41.1. The molecule has 2 heterocycles. The molecule has 0 saturated heterocycles. The Labute approximate surface area is 439 Å². The number of rotatable bonds is 9. The van der Waals surface area contributed by atoms with E-state index < -0.39 is 0 Å². The summed E-state index contributed by atoms with van der Waals surface area (Å²) >= 11 is 0. The summed E-state index contributed by atoms with van der Waals surface area (Å²) in [5.74, 6) is 0. The Morgan fingerprint density at radius 1 is 0.276 bits per heavy atom. The van der Waals surface area contributed by atoms with Crippen LogP contribution in [0.1, 0.15) is 11.1 Å². The Hall–Kier alpha value is -10.7. The van der Waals surface area contributed by atoms with Crippen LogP contribution in [0.2, 0.25) is 0 Å². The van der Waals surface area contributed by atoms with E-state index in [2.05, 4.69) is 262 Å². The van der Waals surface area contributed by atoms with E-state index in [1.807, 2.05) is 36.4 Å². The number of hydrogen-bond donors (Lipinski definition) is 0. The van der Waals surface area contributed by atoms with Crippen molar-refractivity contribution in [2.45, 2.75) is 0 Å². The molecule has 0 spiro atoms. The predicted octanol–water partition coefficient (Wildman–Crippen LogP) is 18.5. The van der Waals surface area contributed by atoms with E-state index >= 15 is 0 Å². The molecule has 354 valence electrons. The van der Waals surface area contributed by atoms with E-state index in [9.17, 15) is 10.5 Å². The van der Waals surface area contributed by atoms with Gasteiger partial charge in [-0.3, -0.25) is 0 Å². The first-order valence-electron chi connectivity index (χ1n) is 25.5. The molecule has 0 N–H and O–H groups in total. The van der Waals surface area contributed by atoms with E-state index in [0.717, 1.165) is 111 Å². The van der Waals surface area contributed by atoms with Gasteiger partial charge in [-0.1, -0.05) is 133 Å². The van der Waals surface area contributed by atoms with Crippen LogP contribution in [0, 0.1) is 22.7 Å². The second-order valence-corrected chi connectivity index (χ2v) is 19.1. The molecule has 0 saturated carbocycles. The Kier molecular flexibility index (Phi) is 10.5. The molecule has 14 rings (SSSR count). The van der Waals surface area contributed by atoms with Crippen LogP contribution in [0.3, 0.4) is 0 Å². The monoisotopic (exact) mass is 968 g/mol. The van der Waals surface area contributed by atoms with Crippen LogP contribution < -0.4 is 9.80 Å². The molecule has 0 atom stereocenters. The fourth-order valence-electron chi connectivity index (χ4n) is 11.6. The minimum atomic E-state index is 0.604. The molecule has 0 aliphatic carbocycles. The maximum absolute atomic E-state index is 9.95. The smallest absolute Gasteiger partial charge is 0.0991 e. The quantitative estimate of drug-likeness (QED) is 0.135. The molecule has 0 unspecified atom stereocenters. The van der Waals surface area contributed by atoms with Crippen molar-refractivity contribution in [3.63, 3.8) is 0 Å². The van der Waals surface area contributed by atoms with Gasteiger partial charge in [0.15, 0.2) is 0 Å². The Morgan fingerprint density at radius 2 is 0.618 bits per heavy atom. The summed E-state index contributed by atoms with van der Waals surface area (Å²) in [6, 6.07) is 98.7. The number of nitriles is 2. The lowest BCUT2D eigenvalue weighted by atomic mass is 9.89. The maximum Gasteiger partial charge on any atom is 0.0991 e. The average molecular weight is 969 g/mol. The Bertz CT molecular complexity index is 4580. The van der Waals surface area contributed by atoms with Gasteiger partial charge in [-0.25, -0.2) is 0 Å². The molecule has 0 bridgehead atoms. The highest BCUT2D eigenvalue weighted by Crippen LogP contribution is 2.50. The third-order valence-electron chi connectivity index (χ3n) is 14.9. The van der Waals surface area contributed by atoms with Crippen molar-refractivity contribution in [3.05, 3.63) is 278 Å². The number of nitrogens with zero attached hydrogens (tertiary/aromatic N) is 6. The summed E-state index contributed by atoms with van der Waals surface area (Å²) in [6.07, 6.45) is 0. The topological polar surface area (TPSA) is 63.9 Å². The second-order valence-electron chi connectivity index (χ2n) is 19.1. The molecule has 0 amide bonds. The molecule has 0 aliphatic heterocycles. The van der Waals surface area contributed by atoms with Crippen LogP contribution in [-0.4, -0.2) is 9.13 Å². The molecule has 6 nitrogen and oxygen atoms in total. The first-order chi connectivity index (χ1) is 37.6. The van der Waals surface area contributed by atoms with E-state index in [1.54, 1.807) is 0 Å². The first-order valence-corrected chi connectivity index (χ1v) is 25.5. The number of fused-ring (bicyclic) bond motifs is 8. The summed E-state index contributed by atoms with van der Waals surface area (Å²) in [7, 11) is 0. The molecule has 2 aromatic heterocycles. The van der Waals surface area contributed by atoms with Crippen LogP contribution in [0.25, 0.3) is 87.7 Å². The van der Waals surface area contributed by atoms with Crippen molar-refractivity contribution in [3.8, 4) is 34.6 Å². The van der Waals surface area contributed by atoms with Gasteiger partial charge in [0, 0.05) is 72.1 Å². The van der Waals surface area contributed by atoms with Gasteiger partial charge in [-0.2, -0.15) is 10.5 Å². The van der Waals surface area contributed by atoms with Crippen molar-refractivity contribution >= 4 is 99.3 Å². The van der Waals surface area contributed by atoms with Gasteiger partial charge in [-0.15, -0.1) is 0 Å². The van der Waals surface area contributed by atoms with Crippen molar-refractivity contribution in [1.82, 2.24) is 9.13 Å². The fourth-order valence-corrected chi connectivity index (χ4v) is 11.6. The van der Waals surface area contributed by atoms with Gasteiger partial charge in [-0.05, 0) is 155 Å². The van der Waals surface area contributed by atoms with Gasteiger partial charge in [0.2, 0.25) is 0 Å². The summed E-state index contributed by atoms with van der Waals surface area (Å²) in [6.45, 7) is 0. The average Bonchev–Trinajstić information content (AvgIpc) is 4.01. The van der Waals surface area contributed by atoms with Crippen LogP contribution in [-0.2, 0) is 0 Å². The molecular formula is C70H44N6. The summed E-state index contributed by atoms with van der Waals surface area (Å²) in [4.78, 5) is 4.65. The van der Waals surface area contributed by atoms with Crippen LogP contribution >= 0.6 is 0 Å². The van der Waals surface area contributed by atoms with Crippen LogP contribution in [0.15, 0.2) is 267 Å². The first kappa shape index (κ1) is 44.1. The molecule has 76 heavy (non-hydrogen) atoms. The van der Waals surface area contributed by atoms with E-state index in [1.165, 1.54) is 10.8 Å². The highest BCUT2D eigenvalue weighted by atomic mass is 15.2. The molecule has 0 aliphatic rings. The standard InChI is InChI=1S/C70H44N6/c71-45-47-27-33-52(34-28-47)73(55-39-41-67-63(43-55)57-19-11-13-25-65(57)75(67)50-15-3-1-4-16-50)53-37-31-49(32-38-53)69-59-21-7-9-23-61(59)70(62-24-10-8-22-60(62)69)74(54-35-29-48(46-72)30-36-54)56-40-42-68-64(44-56)58-20-12-14-26-66(58)76(68)51-17-5-2-6-18-51/h1-44H. The Morgan fingerprint density at radius 3 is 1.07 bits per heavy atom. The van der Waals surface area contributed by atoms with Gasteiger partial charge in [0.1, 0.15) is 0 Å². The highest BCUT2D eigenvalue weighted by Gasteiger charge is 2.25. The predicted molar refractivity (Wildman–Crippen MR) is 314 cm³/mol. The molecule has 14 aromatic rings. The summed E-state index contributed by atoms with van der Waals surface area (Å²) < 4.78 is 4.68. The van der Waals surface area contributed by atoms with Gasteiger partial charge >= 0.3 is 0 Å². The fraction of sp³-hybridized carbons (Fsp3) is 0. The third kappa shape index (κ3) is 7.17. The van der Waals surface area contributed by atoms with Crippen LogP contribution in [0.5, 0.6) is 0 Å². The lowest BCUT2D eigenvalue weighted by Gasteiger charge is -2.30. The third-order valence-corrected chi connectivity index (χ3v) is 14.9. The number of aromatic nitrogens is 2. The van der Waals surface area contributed by atoms with Crippen molar-refractivity contribution < 1.29 is 0 Å². The SMILES string of the molecule is N#Cc1ccc(N(c2ccc(-c3c4ccccc4c(N(c4ccc(C#N)cc4)c4ccc5c(c4)c4ccccc4n5-c4ccccc4)c4ccccc34)cc2)c2ccc3c(c2)c2ccccc2n3-c2ccccc2)cc1. The zero-order chi connectivity index (χ0) is 50.7. The number of benzene rings is 12. The molecular weight excluding hydrogens is 925 g/mol. The molecule has 6 heteroatoms. The normalized spacial score (nSPS) is 11.4. The number of para-hydroxylation sites is 4. The van der Waals surface area contributed by atoms with Gasteiger partial charge in [0.05, 0.1) is 51.0 Å². The zero-order valence-corrected chi connectivity index (χ0v) is 41.1. The van der Waals surface area contributed by atoms with Crippen molar-refractivity contribution in [2.24, 2.45) is 0 Å². The van der Waals surface area contributed by atoms with Crippen LogP contribution in [0.4, 0.5) is 34.1 Å². The lowest BCUT2D eigenvalue weighted by Crippen LogP contribution is -2.12. The summed E-state index contributed by atoms with van der Waals surface area (Å²) in [5, 5.41) is 28.8. The highest BCUT2D eigenvalue weighted by molar-refractivity contribution is 6.23. The van der Waals surface area contributed by atoms with Gasteiger partial charge < -0.3 is 18.9 Å². The maximum atomic E-state index is 9.95. The summed E-state index contributed by atoms with van der Waals surface area (Å²) in [5.41, 5.74) is 16.2. The lowest BCUT2D eigenvalue weighted by molar-refractivity contribution is 1.18. The number of hydrogen-bond acceptors (Lipinski definition) is 4. The molecule has 12 aromatic carbocycles. The van der Waals surface area contributed by atoms with Crippen molar-refractivity contribution in [1.29, 1.82) is 10.5 Å². The largest absolute Gasteiger partial charge is 0.310 e. The van der Waals surface area contributed by atoms with Crippen molar-refractivity contribution in [2.75, 3.05) is 9.80 Å². The van der Waals surface area contributed by atoms with Gasteiger partial charge in [0.25, 0.3) is 0 Å². The van der Waals surface area contributed by atoms with E-state index in [-0.39, 0.29) is 0 Å². The Balaban J connectivity index is 0.942. The second kappa shape index (κ2) is 18.1. The number of anilines is 6.